The number of aliphatic carboxylic acids is 4. The average Bonchev–Trinajstić information content (AvgIpc) is 3.91. The Bertz CT molecular complexity index is 3280. The van der Waals surface area contributed by atoms with Crippen molar-refractivity contribution in [3.8, 4) is 0 Å². The molecule has 0 saturated heterocycles. The standard InChI is InChI=1S/4C18H18O2S.Zr/c4*19-18(20)16-8-11-7-15(16)17(9-11)21-14-6-5-12-3-1-2-4-13(12)10-14;/h4*1-6,10-11,15-17H,7-9H2,(H,19,20);. The van der Waals surface area contributed by atoms with Gasteiger partial charge in [0.05, 0.1) is 23.7 Å². The Morgan fingerprint density at radius 3 is 0.659 bits per heavy atom. The van der Waals surface area contributed by atoms with Crippen LogP contribution in [0.1, 0.15) is 77.0 Å². The zero-order valence-electron chi connectivity index (χ0n) is 47.4. The van der Waals surface area contributed by atoms with Gasteiger partial charge in [-0.2, -0.15) is 0 Å². The SMILES string of the molecule is O=C(O)C1CC2CC(Sc3ccc4ccccc4c3)C1C2.O=C(O)C1CC2CC(Sc3ccc4ccccc4c3)C1C2.O=C(O)C1CC2CC(Sc3ccc4ccccc4c3)C1C2.O=C(O)C1CC2CC(Sc3ccc4ccccc4c3)C1C2.[Zr]. The summed E-state index contributed by atoms with van der Waals surface area (Å²) in [5.41, 5.74) is 0. The van der Waals surface area contributed by atoms with Gasteiger partial charge in [0.15, 0.2) is 0 Å². The van der Waals surface area contributed by atoms with E-state index >= 15 is 0 Å². The van der Waals surface area contributed by atoms with Crippen molar-refractivity contribution in [3.63, 3.8) is 0 Å². The molecule has 85 heavy (non-hydrogen) atoms. The molecule has 8 nitrogen and oxygen atoms in total. The number of fused-ring (bicyclic) bond motifs is 12. The summed E-state index contributed by atoms with van der Waals surface area (Å²) in [7, 11) is 0. The van der Waals surface area contributed by atoms with Gasteiger partial charge in [0.25, 0.3) is 0 Å². The van der Waals surface area contributed by atoms with Crippen LogP contribution in [0.2, 0.25) is 0 Å². The monoisotopic (exact) mass is 1280 g/mol. The summed E-state index contributed by atoms with van der Waals surface area (Å²) in [4.78, 5) is 50.5. The van der Waals surface area contributed by atoms with Crippen molar-refractivity contribution in [1.29, 1.82) is 0 Å². The second-order valence-electron chi connectivity index (χ2n) is 25.4. The average molecular weight is 1280 g/mol. The van der Waals surface area contributed by atoms with Gasteiger partial charge in [0.1, 0.15) is 0 Å². The molecule has 8 fully saturated rings. The maximum absolute atomic E-state index is 11.4. The Morgan fingerprint density at radius 2 is 0.471 bits per heavy atom. The molecule has 16 unspecified atom stereocenters. The van der Waals surface area contributed by atoms with Crippen LogP contribution in [0.15, 0.2) is 189 Å². The fraction of sp³-hybridized carbons (Fsp3) is 0.389. The Balaban J connectivity index is 0.000000111. The van der Waals surface area contributed by atoms with E-state index in [1.807, 2.05) is 47.0 Å². The Kier molecular flexibility index (Phi) is 18.7. The molecule has 8 bridgehead atoms. The molecule has 16 atom stereocenters. The van der Waals surface area contributed by atoms with Crippen molar-refractivity contribution < 1.29 is 65.8 Å². The zero-order valence-corrected chi connectivity index (χ0v) is 53.2. The van der Waals surface area contributed by atoms with E-state index < -0.39 is 23.9 Å². The summed E-state index contributed by atoms with van der Waals surface area (Å²) >= 11 is 7.55. The van der Waals surface area contributed by atoms with Crippen LogP contribution in [-0.2, 0) is 45.4 Å². The molecule has 8 saturated carbocycles. The summed E-state index contributed by atoms with van der Waals surface area (Å²) in [5.74, 6) is 1.19. The quantitative estimate of drug-likeness (QED) is 0.0922. The molecule has 8 aliphatic carbocycles. The van der Waals surface area contributed by atoms with Gasteiger partial charge < -0.3 is 20.4 Å². The third kappa shape index (κ3) is 13.4. The maximum Gasteiger partial charge on any atom is 0.306 e. The smallest absolute Gasteiger partial charge is 0.306 e. The first-order chi connectivity index (χ1) is 40.8. The molecule has 0 radical (unpaired) electrons. The van der Waals surface area contributed by atoms with E-state index in [2.05, 4.69) is 170 Å². The predicted molar refractivity (Wildman–Crippen MR) is 342 cm³/mol. The van der Waals surface area contributed by atoms with Crippen molar-refractivity contribution in [3.05, 3.63) is 170 Å². The van der Waals surface area contributed by atoms with Gasteiger partial charge >= 0.3 is 23.9 Å². The Labute approximate surface area is 534 Å². The first kappa shape index (κ1) is 60.3. The number of carbonyl (C=O) groups is 4. The van der Waals surface area contributed by atoms with Gasteiger partial charge in [0.2, 0.25) is 0 Å². The maximum atomic E-state index is 11.4. The van der Waals surface area contributed by atoms with Crippen molar-refractivity contribution in [2.45, 2.75) is 118 Å². The molecule has 16 rings (SSSR count). The molecule has 0 aliphatic heterocycles. The zero-order chi connectivity index (χ0) is 57.6. The second-order valence-corrected chi connectivity index (χ2v) is 30.6. The second kappa shape index (κ2) is 26.3. The molecule has 8 aliphatic rings. The van der Waals surface area contributed by atoms with Crippen molar-refractivity contribution >= 4 is 114 Å². The van der Waals surface area contributed by atoms with Gasteiger partial charge in [0, 0.05) is 66.8 Å². The molecule has 13 heteroatoms. The number of carboxylic acid groups (broad SMARTS) is 4. The van der Waals surface area contributed by atoms with Crippen LogP contribution >= 0.6 is 47.0 Å². The minimum absolute atomic E-state index is 0. The fourth-order valence-electron chi connectivity index (χ4n) is 16.5. The van der Waals surface area contributed by atoms with E-state index in [1.165, 1.54) is 88.4 Å². The van der Waals surface area contributed by atoms with Crippen LogP contribution in [0, 0.1) is 71.0 Å². The number of hydrogen-bond donors (Lipinski definition) is 4. The van der Waals surface area contributed by atoms with Crippen LogP contribution in [0.4, 0.5) is 0 Å². The third-order valence-corrected chi connectivity index (χ3v) is 25.8. The molecule has 4 N–H and O–H groups in total. The van der Waals surface area contributed by atoms with Gasteiger partial charge in [-0.1, -0.05) is 121 Å². The van der Waals surface area contributed by atoms with Crippen LogP contribution < -0.4 is 0 Å². The third-order valence-electron chi connectivity index (χ3n) is 20.3. The van der Waals surface area contributed by atoms with Gasteiger partial charge in [-0.15, -0.1) is 47.0 Å². The van der Waals surface area contributed by atoms with E-state index in [-0.39, 0.29) is 49.9 Å². The molecule has 0 spiro atoms. The largest absolute Gasteiger partial charge is 0.481 e. The number of hydrogen-bond acceptors (Lipinski definition) is 8. The molecule has 436 valence electrons. The minimum atomic E-state index is -0.591. The molecule has 8 aromatic rings. The molecular formula is C72H72O8S4Zr. The van der Waals surface area contributed by atoms with E-state index in [4.69, 9.17) is 0 Å². The van der Waals surface area contributed by atoms with Crippen molar-refractivity contribution in [1.82, 2.24) is 0 Å². The fourth-order valence-corrected chi connectivity index (χ4v) is 22.6. The predicted octanol–water partition coefficient (Wildman–Crippen LogP) is 17.7. The van der Waals surface area contributed by atoms with Gasteiger partial charge in [-0.3, -0.25) is 19.2 Å². The van der Waals surface area contributed by atoms with E-state index in [9.17, 15) is 39.6 Å². The van der Waals surface area contributed by atoms with Crippen LogP contribution in [0.5, 0.6) is 0 Å². The van der Waals surface area contributed by atoms with Crippen LogP contribution in [0.3, 0.4) is 0 Å². The van der Waals surface area contributed by atoms with Crippen molar-refractivity contribution in [2.75, 3.05) is 0 Å². The molecule has 0 heterocycles. The van der Waals surface area contributed by atoms with Crippen molar-refractivity contribution in [2.24, 2.45) is 71.0 Å². The molecule has 0 aromatic heterocycles. The minimum Gasteiger partial charge on any atom is -0.481 e. The van der Waals surface area contributed by atoms with Gasteiger partial charge in [-0.25, -0.2) is 0 Å². The summed E-state index contributed by atoms with van der Waals surface area (Å²) in [6.07, 6.45) is 12.8. The molecular weight excluding hydrogens is 1210 g/mol. The first-order valence-electron chi connectivity index (χ1n) is 30.4. The summed E-state index contributed by atoms with van der Waals surface area (Å²) in [6.45, 7) is 0. The van der Waals surface area contributed by atoms with Crippen LogP contribution in [-0.4, -0.2) is 65.3 Å². The van der Waals surface area contributed by atoms with E-state index in [0.29, 0.717) is 68.3 Å². The normalized spacial score (nSPS) is 30.5. The molecule has 0 amide bonds. The number of rotatable bonds is 12. The summed E-state index contributed by atoms with van der Waals surface area (Å²) in [6, 6.07) is 59.9. The number of benzene rings is 8. The van der Waals surface area contributed by atoms with Gasteiger partial charge in [-0.05, 0) is 216 Å². The van der Waals surface area contributed by atoms with E-state index in [0.717, 1.165) is 51.4 Å². The molecule has 8 aromatic carbocycles. The first-order valence-corrected chi connectivity index (χ1v) is 33.9. The van der Waals surface area contributed by atoms with Crippen LogP contribution in [0.25, 0.3) is 43.1 Å². The summed E-state index contributed by atoms with van der Waals surface area (Å²) < 4.78 is 0. The Morgan fingerprint density at radius 1 is 0.271 bits per heavy atom. The van der Waals surface area contributed by atoms with E-state index in [1.54, 1.807) is 0 Å². The Hall–Kier alpha value is -5.04. The summed E-state index contributed by atoms with van der Waals surface area (Å²) in [5, 5.41) is 49.4. The number of carboxylic acids is 4. The topological polar surface area (TPSA) is 149 Å². The number of thioether (sulfide) groups is 4.